The van der Waals surface area contributed by atoms with Gasteiger partial charge < -0.3 is 9.64 Å². The molecule has 0 atom stereocenters. The summed E-state index contributed by atoms with van der Waals surface area (Å²) in [5.41, 5.74) is 0.981. The van der Waals surface area contributed by atoms with E-state index in [4.69, 9.17) is 4.74 Å². The second kappa shape index (κ2) is 4.07. The Morgan fingerprint density at radius 1 is 1.38 bits per heavy atom. The Hall–Kier alpha value is -1.32. The van der Waals surface area contributed by atoms with Gasteiger partial charge in [-0.2, -0.15) is 0 Å². The average molecular weight is 181 g/mol. The first-order chi connectivity index (χ1) is 6.16. The van der Waals surface area contributed by atoms with Crippen molar-refractivity contribution in [2.45, 2.75) is 13.8 Å². The van der Waals surface area contributed by atoms with Crippen LogP contribution in [0.25, 0.3) is 0 Å². The van der Waals surface area contributed by atoms with Crippen LogP contribution in [-0.2, 0) is 0 Å². The number of aromatic nitrogens is 2. The van der Waals surface area contributed by atoms with E-state index in [9.17, 15) is 0 Å². The molecular formula is C9H15N3O. The Morgan fingerprint density at radius 3 is 2.62 bits per heavy atom. The molecule has 0 aliphatic rings. The molecule has 0 amide bonds. The summed E-state index contributed by atoms with van der Waals surface area (Å²) in [6.07, 6.45) is 1.52. The molecule has 0 aliphatic carbocycles. The molecule has 0 unspecified atom stereocenters. The van der Waals surface area contributed by atoms with Crippen LogP contribution in [-0.4, -0.2) is 30.7 Å². The van der Waals surface area contributed by atoms with Gasteiger partial charge in [-0.3, -0.25) is 0 Å². The predicted octanol–water partition coefficient (Wildman–Crippen LogP) is 1.25. The van der Waals surface area contributed by atoms with Crippen LogP contribution in [0.15, 0.2) is 6.33 Å². The van der Waals surface area contributed by atoms with Crippen molar-refractivity contribution in [3.05, 3.63) is 11.9 Å². The number of hydrogen-bond donors (Lipinski definition) is 0. The van der Waals surface area contributed by atoms with Gasteiger partial charge in [0, 0.05) is 14.1 Å². The summed E-state index contributed by atoms with van der Waals surface area (Å²) >= 11 is 0. The highest BCUT2D eigenvalue weighted by atomic mass is 16.5. The molecule has 0 saturated carbocycles. The molecule has 0 aliphatic heterocycles. The zero-order valence-corrected chi connectivity index (χ0v) is 8.53. The maximum atomic E-state index is 5.35. The molecule has 1 heterocycles. The zero-order chi connectivity index (χ0) is 9.84. The van der Waals surface area contributed by atoms with E-state index >= 15 is 0 Å². The van der Waals surface area contributed by atoms with Gasteiger partial charge in [-0.25, -0.2) is 9.97 Å². The van der Waals surface area contributed by atoms with Crippen LogP contribution in [0.5, 0.6) is 5.88 Å². The van der Waals surface area contributed by atoms with Gasteiger partial charge in [0.05, 0.1) is 12.2 Å². The molecule has 0 aromatic carbocycles. The van der Waals surface area contributed by atoms with Gasteiger partial charge in [0.2, 0.25) is 5.88 Å². The molecule has 72 valence electrons. The van der Waals surface area contributed by atoms with Gasteiger partial charge in [0.15, 0.2) is 0 Å². The number of ether oxygens (including phenoxy) is 1. The summed E-state index contributed by atoms with van der Waals surface area (Å²) in [6.45, 7) is 4.53. The van der Waals surface area contributed by atoms with E-state index in [0.29, 0.717) is 12.5 Å². The van der Waals surface area contributed by atoms with Gasteiger partial charge >= 0.3 is 0 Å². The van der Waals surface area contributed by atoms with Gasteiger partial charge in [-0.05, 0) is 13.8 Å². The van der Waals surface area contributed by atoms with Crippen LogP contribution in [0.4, 0.5) is 5.82 Å². The molecule has 0 bridgehead atoms. The first kappa shape index (κ1) is 9.77. The summed E-state index contributed by atoms with van der Waals surface area (Å²) in [5.74, 6) is 1.57. The normalized spacial score (nSPS) is 9.85. The minimum absolute atomic E-state index is 0.630. The van der Waals surface area contributed by atoms with Crippen LogP contribution < -0.4 is 9.64 Å². The smallest absolute Gasteiger partial charge is 0.221 e. The van der Waals surface area contributed by atoms with Crippen molar-refractivity contribution in [2.75, 3.05) is 25.6 Å². The highest BCUT2D eigenvalue weighted by molar-refractivity contribution is 5.48. The second-order valence-corrected chi connectivity index (χ2v) is 2.95. The lowest BCUT2D eigenvalue weighted by atomic mass is 10.3. The van der Waals surface area contributed by atoms with Crippen molar-refractivity contribution in [2.24, 2.45) is 0 Å². The fourth-order valence-corrected chi connectivity index (χ4v) is 1.16. The number of nitrogens with zero attached hydrogens (tertiary/aromatic N) is 3. The maximum absolute atomic E-state index is 5.35. The Kier molecular flexibility index (Phi) is 3.06. The largest absolute Gasteiger partial charge is 0.478 e. The Labute approximate surface area is 78.6 Å². The number of rotatable bonds is 3. The Morgan fingerprint density at radius 2 is 2.08 bits per heavy atom. The lowest BCUT2D eigenvalue weighted by molar-refractivity contribution is 0.323. The van der Waals surface area contributed by atoms with Crippen LogP contribution in [0.3, 0.4) is 0 Å². The Balaban J connectivity index is 3.03. The van der Waals surface area contributed by atoms with Crippen molar-refractivity contribution in [1.82, 2.24) is 9.97 Å². The molecule has 0 spiro atoms. The molecule has 1 rings (SSSR count). The molecular weight excluding hydrogens is 166 g/mol. The third-order valence-corrected chi connectivity index (χ3v) is 1.72. The lowest BCUT2D eigenvalue weighted by Gasteiger charge is -2.15. The summed E-state index contributed by atoms with van der Waals surface area (Å²) in [4.78, 5) is 10.2. The SMILES string of the molecule is CCOc1ncnc(N(C)C)c1C. The average Bonchev–Trinajstić information content (AvgIpc) is 2.08. The molecule has 0 saturated heterocycles. The molecule has 0 fully saturated rings. The molecule has 13 heavy (non-hydrogen) atoms. The van der Waals surface area contributed by atoms with E-state index < -0.39 is 0 Å². The number of anilines is 1. The second-order valence-electron chi connectivity index (χ2n) is 2.95. The van der Waals surface area contributed by atoms with E-state index in [0.717, 1.165) is 11.4 Å². The highest BCUT2D eigenvalue weighted by Crippen LogP contribution is 2.21. The van der Waals surface area contributed by atoms with Crippen molar-refractivity contribution in [3.63, 3.8) is 0 Å². The zero-order valence-electron chi connectivity index (χ0n) is 8.53. The van der Waals surface area contributed by atoms with E-state index in [-0.39, 0.29) is 0 Å². The number of hydrogen-bond acceptors (Lipinski definition) is 4. The summed E-state index contributed by atoms with van der Waals surface area (Å²) in [5, 5.41) is 0. The van der Waals surface area contributed by atoms with Gasteiger partial charge in [-0.15, -0.1) is 0 Å². The highest BCUT2D eigenvalue weighted by Gasteiger charge is 2.08. The predicted molar refractivity (Wildman–Crippen MR) is 52.3 cm³/mol. The Bertz CT molecular complexity index is 286. The molecule has 4 nitrogen and oxygen atoms in total. The summed E-state index contributed by atoms with van der Waals surface area (Å²) < 4.78 is 5.35. The topological polar surface area (TPSA) is 38.3 Å². The summed E-state index contributed by atoms with van der Waals surface area (Å²) in [6, 6.07) is 0. The van der Waals surface area contributed by atoms with E-state index in [2.05, 4.69) is 9.97 Å². The van der Waals surface area contributed by atoms with Crippen LogP contribution in [0.2, 0.25) is 0 Å². The van der Waals surface area contributed by atoms with Crippen LogP contribution in [0, 0.1) is 6.92 Å². The minimum Gasteiger partial charge on any atom is -0.478 e. The van der Waals surface area contributed by atoms with Gasteiger partial charge in [0.1, 0.15) is 12.1 Å². The third-order valence-electron chi connectivity index (χ3n) is 1.72. The van der Waals surface area contributed by atoms with Gasteiger partial charge in [0.25, 0.3) is 0 Å². The fraction of sp³-hybridized carbons (Fsp3) is 0.556. The first-order valence-corrected chi connectivity index (χ1v) is 4.28. The molecule has 0 N–H and O–H groups in total. The minimum atomic E-state index is 0.630. The van der Waals surface area contributed by atoms with Gasteiger partial charge in [-0.1, -0.05) is 0 Å². The summed E-state index contributed by atoms with van der Waals surface area (Å²) in [7, 11) is 3.90. The quantitative estimate of drug-likeness (QED) is 0.703. The van der Waals surface area contributed by atoms with E-state index in [1.165, 1.54) is 6.33 Å². The van der Waals surface area contributed by atoms with Crippen molar-refractivity contribution >= 4 is 5.82 Å². The van der Waals surface area contributed by atoms with E-state index in [1.807, 2.05) is 32.8 Å². The van der Waals surface area contributed by atoms with E-state index in [1.54, 1.807) is 0 Å². The molecule has 0 radical (unpaired) electrons. The van der Waals surface area contributed by atoms with Crippen molar-refractivity contribution in [3.8, 4) is 5.88 Å². The standard InChI is InChI=1S/C9H15N3O/c1-5-13-9-7(2)8(12(3)4)10-6-11-9/h6H,5H2,1-4H3. The van der Waals surface area contributed by atoms with Crippen molar-refractivity contribution in [1.29, 1.82) is 0 Å². The monoisotopic (exact) mass is 181 g/mol. The van der Waals surface area contributed by atoms with Crippen molar-refractivity contribution < 1.29 is 4.74 Å². The first-order valence-electron chi connectivity index (χ1n) is 4.28. The molecule has 4 heteroatoms. The molecule has 1 aromatic rings. The lowest BCUT2D eigenvalue weighted by Crippen LogP contribution is -2.13. The van der Waals surface area contributed by atoms with Crippen LogP contribution >= 0.6 is 0 Å². The third kappa shape index (κ3) is 2.08. The van der Waals surface area contributed by atoms with Crippen LogP contribution in [0.1, 0.15) is 12.5 Å². The molecule has 1 aromatic heterocycles. The fourth-order valence-electron chi connectivity index (χ4n) is 1.16. The maximum Gasteiger partial charge on any atom is 0.221 e.